The van der Waals surface area contributed by atoms with Crippen molar-refractivity contribution in [3.05, 3.63) is 23.8 Å². The third-order valence-corrected chi connectivity index (χ3v) is 2.76. The van der Waals surface area contributed by atoms with Gasteiger partial charge in [-0.3, -0.25) is 0 Å². The van der Waals surface area contributed by atoms with E-state index in [1.165, 1.54) is 5.56 Å². The molecule has 0 spiro atoms. The summed E-state index contributed by atoms with van der Waals surface area (Å²) >= 11 is 0. The van der Waals surface area contributed by atoms with Crippen molar-refractivity contribution >= 4 is 11.4 Å². The molecule has 0 aliphatic heterocycles. The van der Waals surface area contributed by atoms with E-state index in [2.05, 4.69) is 18.7 Å². The lowest BCUT2D eigenvalue weighted by atomic mass is 10.1. The van der Waals surface area contributed by atoms with Crippen LogP contribution < -0.4 is 11.5 Å². The molecule has 1 rings (SSSR count). The smallest absolute Gasteiger partial charge is 0.0367 e. The maximum Gasteiger partial charge on any atom is 0.0367 e. The molecule has 0 aliphatic rings. The molecule has 15 heavy (non-hydrogen) atoms. The minimum atomic E-state index is 0.735. The third-order valence-electron chi connectivity index (χ3n) is 2.76. The van der Waals surface area contributed by atoms with Crippen LogP contribution in [0.25, 0.3) is 0 Å². The van der Waals surface area contributed by atoms with Crippen LogP contribution in [0, 0.1) is 0 Å². The van der Waals surface area contributed by atoms with Crippen LogP contribution in [-0.4, -0.2) is 24.5 Å². The van der Waals surface area contributed by atoms with E-state index in [0.29, 0.717) is 0 Å². The Labute approximate surface area is 92.1 Å². The van der Waals surface area contributed by atoms with Gasteiger partial charge >= 0.3 is 0 Å². The fourth-order valence-electron chi connectivity index (χ4n) is 1.66. The van der Waals surface area contributed by atoms with Gasteiger partial charge in [0.2, 0.25) is 0 Å². The van der Waals surface area contributed by atoms with Crippen molar-refractivity contribution in [1.82, 2.24) is 4.90 Å². The normalized spacial score (nSPS) is 10.9. The van der Waals surface area contributed by atoms with Crippen LogP contribution in [0.5, 0.6) is 0 Å². The van der Waals surface area contributed by atoms with Crippen molar-refractivity contribution in [2.24, 2.45) is 0 Å². The summed E-state index contributed by atoms with van der Waals surface area (Å²) in [5.41, 5.74) is 14.3. The van der Waals surface area contributed by atoms with Gasteiger partial charge in [-0.2, -0.15) is 0 Å². The summed E-state index contributed by atoms with van der Waals surface area (Å²) in [4.78, 5) is 2.38. The molecule has 0 unspecified atom stereocenters. The molecule has 0 saturated carbocycles. The van der Waals surface area contributed by atoms with Gasteiger partial charge in [-0.05, 0) is 37.2 Å². The Kier molecular flexibility index (Phi) is 4.43. The zero-order valence-electron chi connectivity index (χ0n) is 9.66. The molecule has 0 saturated heterocycles. The van der Waals surface area contributed by atoms with Gasteiger partial charge in [-0.15, -0.1) is 0 Å². The van der Waals surface area contributed by atoms with Crippen molar-refractivity contribution in [3.8, 4) is 0 Å². The first-order valence-electron chi connectivity index (χ1n) is 5.53. The Morgan fingerprint density at radius 1 is 1.13 bits per heavy atom. The number of nitrogens with zero attached hydrogens (tertiary/aromatic N) is 1. The van der Waals surface area contributed by atoms with E-state index >= 15 is 0 Å². The number of benzene rings is 1. The average molecular weight is 207 g/mol. The van der Waals surface area contributed by atoms with Crippen molar-refractivity contribution in [3.63, 3.8) is 0 Å². The largest absolute Gasteiger partial charge is 0.399 e. The second kappa shape index (κ2) is 5.61. The second-order valence-electron chi connectivity index (χ2n) is 3.74. The van der Waals surface area contributed by atoms with E-state index < -0.39 is 0 Å². The zero-order chi connectivity index (χ0) is 11.3. The van der Waals surface area contributed by atoms with E-state index in [1.807, 2.05) is 18.2 Å². The fourth-order valence-corrected chi connectivity index (χ4v) is 1.66. The SMILES string of the molecule is CCN(CC)CCc1ccc(N)cc1N. The molecule has 0 bridgehead atoms. The molecule has 3 nitrogen and oxygen atoms in total. The van der Waals surface area contributed by atoms with Crippen LogP contribution in [0.15, 0.2) is 18.2 Å². The molecule has 4 N–H and O–H groups in total. The number of hydrogen-bond acceptors (Lipinski definition) is 3. The highest BCUT2D eigenvalue weighted by atomic mass is 15.1. The number of rotatable bonds is 5. The summed E-state index contributed by atoms with van der Waals surface area (Å²) in [6.07, 6.45) is 0.994. The Morgan fingerprint density at radius 3 is 2.33 bits per heavy atom. The molecular formula is C12H21N3. The molecular weight excluding hydrogens is 186 g/mol. The number of hydrogen-bond donors (Lipinski definition) is 2. The van der Waals surface area contributed by atoms with Crippen LogP contribution in [0.2, 0.25) is 0 Å². The lowest BCUT2D eigenvalue weighted by molar-refractivity contribution is 0.308. The van der Waals surface area contributed by atoms with Crippen LogP contribution in [0.1, 0.15) is 19.4 Å². The van der Waals surface area contributed by atoms with Gasteiger partial charge in [0, 0.05) is 17.9 Å². The van der Waals surface area contributed by atoms with Crippen LogP contribution >= 0.6 is 0 Å². The van der Waals surface area contributed by atoms with Crippen molar-refractivity contribution < 1.29 is 0 Å². The van der Waals surface area contributed by atoms with Crippen LogP contribution in [-0.2, 0) is 6.42 Å². The maximum atomic E-state index is 5.89. The van der Waals surface area contributed by atoms with E-state index in [9.17, 15) is 0 Å². The molecule has 0 radical (unpaired) electrons. The van der Waals surface area contributed by atoms with Gasteiger partial charge in [0.05, 0.1) is 0 Å². The molecule has 0 fully saturated rings. The Bertz CT molecular complexity index is 306. The molecule has 1 aromatic rings. The molecule has 0 atom stereocenters. The molecule has 0 aliphatic carbocycles. The van der Waals surface area contributed by atoms with Crippen LogP contribution in [0.4, 0.5) is 11.4 Å². The molecule has 1 aromatic carbocycles. The highest BCUT2D eigenvalue weighted by Crippen LogP contribution is 2.16. The lowest BCUT2D eigenvalue weighted by Gasteiger charge is -2.18. The van der Waals surface area contributed by atoms with Gasteiger partial charge in [0.25, 0.3) is 0 Å². The zero-order valence-corrected chi connectivity index (χ0v) is 9.66. The highest BCUT2D eigenvalue weighted by Gasteiger charge is 2.03. The molecule has 0 aromatic heterocycles. The lowest BCUT2D eigenvalue weighted by Crippen LogP contribution is -2.25. The second-order valence-corrected chi connectivity index (χ2v) is 3.74. The predicted molar refractivity (Wildman–Crippen MR) is 66.8 cm³/mol. The number of nitrogen functional groups attached to an aromatic ring is 2. The van der Waals surface area contributed by atoms with E-state index in [4.69, 9.17) is 11.5 Å². The molecule has 0 heterocycles. The summed E-state index contributed by atoms with van der Waals surface area (Å²) in [6.45, 7) is 7.59. The third kappa shape index (κ3) is 3.44. The first-order chi connectivity index (χ1) is 7.17. The summed E-state index contributed by atoms with van der Waals surface area (Å²) in [6, 6.07) is 5.76. The van der Waals surface area contributed by atoms with Gasteiger partial charge in [0.15, 0.2) is 0 Å². The minimum absolute atomic E-state index is 0.735. The Balaban J connectivity index is 2.57. The fraction of sp³-hybridized carbons (Fsp3) is 0.500. The summed E-state index contributed by atoms with van der Waals surface area (Å²) < 4.78 is 0. The Hall–Kier alpha value is -1.22. The van der Waals surface area contributed by atoms with Gasteiger partial charge in [-0.1, -0.05) is 19.9 Å². The number of nitrogens with two attached hydrogens (primary N) is 2. The topological polar surface area (TPSA) is 55.3 Å². The summed E-state index contributed by atoms with van der Waals surface area (Å²) in [7, 11) is 0. The Morgan fingerprint density at radius 2 is 1.80 bits per heavy atom. The minimum Gasteiger partial charge on any atom is -0.399 e. The van der Waals surface area contributed by atoms with Gasteiger partial charge < -0.3 is 16.4 Å². The summed E-state index contributed by atoms with van der Waals surface area (Å²) in [5.74, 6) is 0. The van der Waals surface area contributed by atoms with E-state index in [0.717, 1.165) is 37.4 Å². The predicted octanol–water partition coefficient (Wildman–Crippen LogP) is 1.74. The maximum absolute atomic E-state index is 5.89. The van der Waals surface area contributed by atoms with Gasteiger partial charge in [0.1, 0.15) is 0 Å². The van der Waals surface area contributed by atoms with Crippen molar-refractivity contribution in [2.45, 2.75) is 20.3 Å². The van der Waals surface area contributed by atoms with E-state index in [-0.39, 0.29) is 0 Å². The summed E-state index contributed by atoms with van der Waals surface area (Å²) in [5, 5.41) is 0. The first-order valence-corrected chi connectivity index (χ1v) is 5.53. The van der Waals surface area contributed by atoms with Crippen LogP contribution in [0.3, 0.4) is 0 Å². The number of likely N-dealkylation sites (N-methyl/N-ethyl adjacent to an activating group) is 1. The average Bonchev–Trinajstić information content (AvgIpc) is 2.22. The molecule has 3 heteroatoms. The molecule has 0 amide bonds. The van der Waals surface area contributed by atoms with Crippen molar-refractivity contribution in [1.29, 1.82) is 0 Å². The standard InChI is InChI=1S/C12H21N3/c1-3-15(4-2)8-7-10-5-6-11(13)9-12(10)14/h5-6,9H,3-4,7-8,13-14H2,1-2H3. The van der Waals surface area contributed by atoms with Crippen molar-refractivity contribution in [2.75, 3.05) is 31.1 Å². The first kappa shape index (κ1) is 11.9. The van der Waals surface area contributed by atoms with E-state index in [1.54, 1.807) is 0 Å². The molecule has 84 valence electrons. The quantitative estimate of drug-likeness (QED) is 0.723. The number of anilines is 2. The van der Waals surface area contributed by atoms with Gasteiger partial charge in [-0.25, -0.2) is 0 Å². The highest BCUT2D eigenvalue weighted by molar-refractivity contribution is 5.56. The monoisotopic (exact) mass is 207 g/mol.